The third-order valence-electron chi connectivity index (χ3n) is 3.43. The topological polar surface area (TPSA) is 117 Å². The minimum atomic E-state index is -3.85. The maximum Gasteiger partial charge on any atom is 0.243 e. The van der Waals surface area contributed by atoms with Gasteiger partial charge in [0.1, 0.15) is 11.6 Å². The molecule has 2 rings (SSSR count). The van der Waals surface area contributed by atoms with Gasteiger partial charge in [0.05, 0.1) is 23.6 Å². The molecule has 0 fully saturated rings. The highest BCUT2D eigenvalue weighted by molar-refractivity contribution is 7.99. The minimum absolute atomic E-state index is 0.0147. The van der Waals surface area contributed by atoms with Crippen molar-refractivity contribution in [2.45, 2.75) is 17.0 Å². The molecule has 0 aliphatic heterocycles. The van der Waals surface area contributed by atoms with Gasteiger partial charge in [-0.25, -0.2) is 13.4 Å². The number of aryl methyl sites for hydroxylation is 1. The Morgan fingerprint density at radius 1 is 1.44 bits per heavy atom. The van der Waals surface area contributed by atoms with Gasteiger partial charge in [0, 0.05) is 19.3 Å². The number of hydrogen-bond donors (Lipinski definition) is 2. The van der Waals surface area contributed by atoms with Crippen molar-refractivity contribution in [3.8, 4) is 5.75 Å². The van der Waals surface area contributed by atoms with Crippen LogP contribution in [0, 0.1) is 6.92 Å². The number of sulfonamides is 1. The Kier molecular flexibility index (Phi) is 7.48. The van der Waals surface area contributed by atoms with Gasteiger partial charge in [-0.2, -0.15) is 4.31 Å². The number of nitrogens with zero attached hydrogens (tertiary/aromatic N) is 3. The van der Waals surface area contributed by atoms with Crippen LogP contribution in [0.4, 0.5) is 0 Å². The lowest BCUT2D eigenvalue weighted by Gasteiger charge is -2.17. The molecule has 1 heterocycles. The molecule has 0 atom stereocenters. The normalized spacial score (nSPS) is 11.6. The van der Waals surface area contributed by atoms with Gasteiger partial charge in [-0.15, -0.1) is 5.10 Å². The monoisotopic (exact) mass is 433 g/mol. The lowest BCUT2D eigenvalue weighted by molar-refractivity contribution is -0.121. The Hall–Kier alpha value is -1.82. The average Bonchev–Trinajstić information content (AvgIpc) is 3.03. The first-order valence-electron chi connectivity index (χ1n) is 7.82. The highest BCUT2D eigenvalue weighted by Gasteiger charge is 2.23. The van der Waals surface area contributed by atoms with Crippen LogP contribution < -0.4 is 10.1 Å². The molecule has 1 aromatic carbocycles. The molecule has 0 bridgehead atoms. The van der Waals surface area contributed by atoms with E-state index in [0.717, 1.165) is 4.31 Å². The first-order valence-corrected chi connectivity index (χ1v) is 10.6. The number of thioether (sulfide) groups is 1. The van der Waals surface area contributed by atoms with E-state index in [1.807, 2.05) is 0 Å². The van der Waals surface area contributed by atoms with Crippen molar-refractivity contribution >= 4 is 39.3 Å². The molecule has 2 N–H and O–H groups in total. The van der Waals surface area contributed by atoms with Gasteiger partial charge in [-0.3, -0.25) is 9.89 Å². The summed E-state index contributed by atoms with van der Waals surface area (Å²) in [5.41, 5.74) is 0. The van der Waals surface area contributed by atoms with Gasteiger partial charge in [0.25, 0.3) is 0 Å². The molecule has 1 aromatic heterocycles. The predicted molar refractivity (Wildman–Crippen MR) is 103 cm³/mol. The first-order chi connectivity index (χ1) is 12.7. The Balaban J connectivity index is 1.86. The highest BCUT2D eigenvalue weighted by atomic mass is 35.5. The number of likely N-dealkylation sites (N-methyl/N-ethyl adjacent to an activating group) is 1. The molecule has 1 amide bonds. The summed E-state index contributed by atoms with van der Waals surface area (Å²) in [5, 5.41) is 10.1. The van der Waals surface area contributed by atoms with Crippen molar-refractivity contribution < 1.29 is 17.9 Å². The third-order valence-corrected chi connectivity index (χ3v) is 6.37. The number of carbonyl (C=O) groups is 1. The van der Waals surface area contributed by atoms with E-state index in [4.69, 9.17) is 16.3 Å². The van der Waals surface area contributed by atoms with E-state index >= 15 is 0 Å². The molecule has 148 valence electrons. The Bertz CT molecular complexity index is 903. The summed E-state index contributed by atoms with van der Waals surface area (Å²) in [6.45, 7) is 1.85. The smallest absolute Gasteiger partial charge is 0.243 e. The molecule has 0 aliphatic carbocycles. The molecular weight excluding hydrogens is 414 g/mol. The third kappa shape index (κ3) is 5.83. The zero-order valence-electron chi connectivity index (χ0n) is 15.0. The van der Waals surface area contributed by atoms with Crippen molar-refractivity contribution in [3.63, 3.8) is 0 Å². The molecular formula is C15H20ClN5O4S2. The molecule has 27 heavy (non-hydrogen) atoms. The Morgan fingerprint density at radius 2 is 2.19 bits per heavy atom. The Morgan fingerprint density at radius 3 is 2.78 bits per heavy atom. The summed E-state index contributed by atoms with van der Waals surface area (Å²) in [5.74, 6) is 1.24. The summed E-state index contributed by atoms with van der Waals surface area (Å²) in [7, 11) is -1.08. The lowest BCUT2D eigenvalue weighted by atomic mass is 10.3. The fourth-order valence-electron chi connectivity index (χ4n) is 2.05. The van der Waals surface area contributed by atoms with Gasteiger partial charge in [0.15, 0.2) is 0 Å². The second-order valence-electron chi connectivity index (χ2n) is 5.46. The van der Waals surface area contributed by atoms with Crippen LogP contribution >= 0.6 is 23.4 Å². The summed E-state index contributed by atoms with van der Waals surface area (Å²) >= 11 is 7.36. The number of benzene rings is 1. The van der Waals surface area contributed by atoms with Crippen molar-refractivity contribution in [1.29, 1.82) is 0 Å². The van der Waals surface area contributed by atoms with Crippen LogP contribution in [0.15, 0.2) is 28.3 Å². The number of halogens is 1. The van der Waals surface area contributed by atoms with E-state index in [1.165, 1.54) is 44.1 Å². The number of aromatic amines is 1. The zero-order chi connectivity index (χ0) is 20.0. The van der Waals surface area contributed by atoms with Crippen LogP contribution in [-0.2, 0) is 14.8 Å². The fourth-order valence-corrected chi connectivity index (χ4v) is 4.22. The van der Waals surface area contributed by atoms with E-state index in [0.29, 0.717) is 29.0 Å². The number of methoxy groups -OCH3 is 1. The second-order valence-corrected chi connectivity index (χ2v) is 8.97. The van der Waals surface area contributed by atoms with Crippen LogP contribution in [0.1, 0.15) is 5.82 Å². The van der Waals surface area contributed by atoms with Crippen LogP contribution in [-0.4, -0.2) is 66.8 Å². The molecule has 2 aromatic rings. The van der Waals surface area contributed by atoms with Crippen LogP contribution in [0.5, 0.6) is 5.75 Å². The first kappa shape index (κ1) is 21.5. The number of nitrogens with one attached hydrogen (secondary N) is 2. The van der Waals surface area contributed by atoms with Crippen molar-refractivity contribution in [3.05, 3.63) is 29.0 Å². The van der Waals surface area contributed by atoms with Crippen molar-refractivity contribution in [2.24, 2.45) is 0 Å². The van der Waals surface area contributed by atoms with Gasteiger partial charge in [0.2, 0.25) is 21.1 Å². The number of aromatic nitrogens is 3. The van der Waals surface area contributed by atoms with Gasteiger partial charge in [-0.1, -0.05) is 23.4 Å². The van der Waals surface area contributed by atoms with E-state index in [-0.39, 0.29) is 16.5 Å². The highest BCUT2D eigenvalue weighted by Crippen LogP contribution is 2.28. The van der Waals surface area contributed by atoms with Gasteiger partial charge >= 0.3 is 0 Å². The molecule has 9 nitrogen and oxygen atoms in total. The number of ether oxygens (including phenoxy) is 1. The van der Waals surface area contributed by atoms with Crippen molar-refractivity contribution in [2.75, 3.05) is 33.0 Å². The maximum absolute atomic E-state index is 12.6. The van der Waals surface area contributed by atoms with Crippen LogP contribution in [0.25, 0.3) is 0 Å². The van der Waals surface area contributed by atoms with E-state index in [2.05, 4.69) is 20.5 Å². The number of rotatable bonds is 9. The molecule has 0 saturated heterocycles. The van der Waals surface area contributed by atoms with E-state index in [9.17, 15) is 13.2 Å². The van der Waals surface area contributed by atoms with Gasteiger partial charge < -0.3 is 10.1 Å². The largest absolute Gasteiger partial charge is 0.495 e. The van der Waals surface area contributed by atoms with Crippen molar-refractivity contribution in [1.82, 2.24) is 24.8 Å². The molecule has 0 spiro atoms. The van der Waals surface area contributed by atoms with Gasteiger partial charge in [-0.05, 0) is 25.1 Å². The summed E-state index contributed by atoms with van der Waals surface area (Å²) < 4.78 is 31.1. The molecule has 0 radical (unpaired) electrons. The predicted octanol–water partition coefficient (Wildman–Crippen LogP) is 1.30. The molecule has 0 aliphatic rings. The SMILES string of the molecule is COc1ccc(S(=O)(=O)N(C)CC(=O)NCCSc2n[nH]c(C)n2)cc1Cl. The van der Waals surface area contributed by atoms with E-state index < -0.39 is 15.9 Å². The minimum Gasteiger partial charge on any atom is -0.495 e. The zero-order valence-corrected chi connectivity index (χ0v) is 17.4. The number of hydrogen-bond acceptors (Lipinski definition) is 7. The standard InChI is InChI=1S/C15H20ClN5O4S2/c1-10-18-15(20-19-10)26-7-6-17-14(22)9-21(2)27(23,24)11-4-5-13(25-3)12(16)8-11/h4-5,8H,6-7,9H2,1-3H3,(H,17,22)(H,18,19,20). The number of amides is 1. The second kappa shape index (κ2) is 9.40. The quantitative estimate of drug-likeness (QED) is 0.452. The van der Waals surface area contributed by atoms with Crippen LogP contribution in [0.3, 0.4) is 0 Å². The number of H-pyrrole nitrogens is 1. The van der Waals surface area contributed by atoms with E-state index in [1.54, 1.807) is 6.92 Å². The summed E-state index contributed by atoms with van der Waals surface area (Å²) in [4.78, 5) is 16.1. The molecule has 0 unspecified atom stereocenters. The summed E-state index contributed by atoms with van der Waals surface area (Å²) in [6, 6.07) is 4.13. The molecule has 12 heteroatoms. The number of carbonyl (C=O) groups excluding carboxylic acids is 1. The van der Waals surface area contributed by atoms with Crippen LogP contribution in [0.2, 0.25) is 5.02 Å². The molecule has 0 saturated carbocycles. The fraction of sp³-hybridized carbons (Fsp3) is 0.400. The Labute approximate surface area is 166 Å². The maximum atomic E-state index is 12.6. The average molecular weight is 434 g/mol. The summed E-state index contributed by atoms with van der Waals surface area (Å²) in [6.07, 6.45) is 0. The lowest BCUT2D eigenvalue weighted by Crippen LogP contribution is -2.39.